The van der Waals surface area contributed by atoms with Crippen LogP contribution in [0.25, 0.3) is 10.9 Å². The highest BCUT2D eigenvalue weighted by atomic mass is 16.5. The monoisotopic (exact) mass is 602 g/mol. The molecule has 0 aliphatic carbocycles. The number of carbonyl (C=O) groups is 2. The van der Waals surface area contributed by atoms with Crippen LogP contribution in [0, 0.1) is 11.8 Å². The first kappa shape index (κ1) is 31.5. The molecule has 3 heterocycles. The van der Waals surface area contributed by atoms with Crippen molar-refractivity contribution < 1.29 is 19.1 Å². The fourth-order valence-corrected chi connectivity index (χ4v) is 6.66. The van der Waals surface area contributed by atoms with Crippen molar-refractivity contribution in [2.45, 2.75) is 65.5 Å². The van der Waals surface area contributed by atoms with E-state index < -0.39 is 5.91 Å². The van der Waals surface area contributed by atoms with Gasteiger partial charge in [0.05, 0.1) is 36.9 Å². The number of fused-ring (bicyclic) bond motifs is 1. The van der Waals surface area contributed by atoms with E-state index in [-0.39, 0.29) is 18.4 Å². The van der Waals surface area contributed by atoms with Gasteiger partial charge in [-0.1, -0.05) is 19.1 Å². The van der Waals surface area contributed by atoms with E-state index in [0.29, 0.717) is 54.2 Å². The summed E-state index contributed by atoms with van der Waals surface area (Å²) in [6.45, 7) is 10.4. The summed E-state index contributed by atoms with van der Waals surface area (Å²) in [7, 11) is 0. The maximum atomic E-state index is 13.2. The van der Waals surface area contributed by atoms with Crippen LogP contribution in [0.5, 0.6) is 11.5 Å². The summed E-state index contributed by atoms with van der Waals surface area (Å²) in [5, 5.41) is 14.5. The van der Waals surface area contributed by atoms with Gasteiger partial charge in [0.25, 0.3) is 0 Å². The average Bonchev–Trinajstić information content (AvgIpc) is 3.53. The Kier molecular flexibility index (Phi) is 10.6. The first-order valence-corrected chi connectivity index (χ1v) is 16.0. The van der Waals surface area contributed by atoms with Gasteiger partial charge in [0.1, 0.15) is 0 Å². The Morgan fingerprint density at radius 3 is 2.48 bits per heavy atom. The minimum absolute atomic E-state index is 0.0341. The third-order valence-electron chi connectivity index (χ3n) is 8.85. The lowest BCUT2D eigenvalue weighted by atomic mass is 9.83. The Labute approximate surface area is 259 Å². The second-order valence-electron chi connectivity index (χ2n) is 11.7. The SMILES string of the molecule is CCOc1cc2ncc(CC(N)=O)c(Nc3cccc(CNC(=O)[C@@H]4CC(C5CCNCC5)CN4)c3CC)c2cc1OCC. The van der Waals surface area contributed by atoms with E-state index in [1.807, 2.05) is 38.1 Å². The van der Waals surface area contributed by atoms with Crippen LogP contribution in [0.15, 0.2) is 36.5 Å². The number of amides is 2. The number of benzene rings is 2. The fraction of sp³-hybridized carbons (Fsp3) is 0.500. The van der Waals surface area contributed by atoms with Crippen LogP contribution in [-0.2, 0) is 29.0 Å². The maximum absolute atomic E-state index is 13.2. The fourth-order valence-electron chi connectivity index (χ4n) is 6.66. The van der Waals surface area contributed by atoms with Gasteiger partial charge in [0.2, 0.25) is 11.8 Å². The summed E-state index contributed by atoms with van der Waals surface area (Å²) < 4.78 is 11.7. The van der Waals surface area contributed by atoms with Crippen LogP contribution in [0.1, 0.15) is 56.7 Å². The topological polar surface area (TPSA) is 140 Å². The molecule has 6 N–H and O–H groups in total. The molecule has 1 unspecified atom stereocenters. The number of carbonyl (C=O) groups excluding carboxylic acids is 2. The van der Waals surface area contributed by atoms with Gasteiger partial charge in [-0.15, -0.1) is 0 Å². The van der Waals surface area contributed by atoms with Crippen molar-refractivity contribution in [1.82, 2.24) is 20.9 Å². The molecule has 2 fully saturated rings. The molecule has 1 aromatic heterocycles. The number of nitrogens with two attached hydrogens (primary N) is 1. The zero-order valence-corrected chi connectivity index (χ0v) is 26.1. The van der Waals surface area contributed by atoms with Gasteiger partial charge in [-0.05, 0) is 94.3 Å². The summed E-state index contributed by atoms with van der Waals surface area (Å²) in [5.74, 6) is 2.09. The minimum Gasteiger partial charge on any atom is -0.490 e. The highest BCUT2D eigenvalue weighted by Gasteiger charge is 2.34. The van der Waals surface area contributed by atoms with Gasteiger partial charge in [0.15, 0.2) is 11.5 Å². The van der Waals surface area contributed by atoms with Crippen LogP contribution in [-0.4, -0.2) is 55.7 Å². The first-order valence-electron chi connectivity index (χ1n) is 16.0. The molecule has 2 atom stereocenters. The van der Waals surface area contributed by atoms with Gasteiger partial charge >= 0.3 is 0 Å². The van der Waals surface area contributed by atoms with E-state index in [4.69, 9.17) is 15.2 Å². The van der Waals surface area contributed by atoms with Crippen LogP contribution < -0.4 is 36.5 Å². The van der Waals surface area contributed by atoms with Crippen molar-refractivity contribution in [3.05, 3.63) is 53.2 Å². The van der Waals surface area contributed by atoms with Crippen molar-refractivity contribution in [3.8, 4) is 11.5 Å². The number of aromatic nitrogens is 1. The van der Waals surface area contributed by atoms with E-state index in [0.717, 1.165) is 60.4 Å². The molecule has 5 rings (SSSR count). The van der Waals surface area contributed by atoms with Gasteiger partial charge in [0, 0.05) is 35.4 Å². The summed E-state index contributed by atoms with van der Waals surface area (Å²) in [5.41, 5.74) is 10.8. The molecule has 0 radical (unpaired) electrons. The second-order valence-corrected chi connectivity index (χ2v) is 11.7. The number of pyridine rings is 1. The molecule has 2 amide bonds. The number of ether oxygens (including phenoxy) is 2. The molecule has 2 aliphatic rings. The van der Waals surface area contributed by atoms with Crippen molar-refractivity contribution in [2.24, 2.45) is 17.6 Å². The Bertz CT molecular complexity index is 1470. The van der Waals surface area contributed by atoms with Crippen molar-refractivity contribution >= 4 is 34.1 Å². The number of piperidine rings is 1. The Balaban J connectivity index is 1.38. The Morgan fingerprint density at radius 2 is 1.77 bits per heavy atom. The van der Waals surface area contributed by atoms with E-state index >= 15 is 0 Å². The lowest BCUT2D eigenvalue weighted by Gasteiger charge is -2.27. The quantitative estimate of drug-likeness (QED) is 0.198. The molecule has 10 nitrogen and oxygen atoms in total. The number of nitrogens with zero attached hydrogens (tertiary/aromatic N) is 1. The highest BCUT2D eigenvalue weighted by molar-refractivity contribution is 5.98. The van der Waals surface area contributed by atoms with Gasteiger partial charge < -0.3 is 36.5 Å². The van der Waals surface area contributed by atoms with Crippen LogP contribution in [0.3, 0.4) is 0 Å². The summed E-state index contributed by atoms with van der Waals surface area (Å²) in [6, 6.07) is 9.68. The van der Waals surface area contributed by atoms with Gasteiger partial charge in [-0.2, -0.15) is 0 Å². The third kappa shape index (κ3) is 7.25. The summed E-state index contributed by atoms with van der Waals surface area (Å²) >= 11 is 0. The Morgan fingerprint density at radius 1 is 1.02 bits per heavy atom. The predicted octanol–water partition coefficient (Wildman–Crippen LogP) is 3.96. The highest BCUT2D eigenvalue weighted by Crippen LogP contribution is 2.38. The largest absolute Gasteiger partial charge is 0.490 e. The molecule has 2 aromatic carbocycles. The molecular weight excluding hydrogens is 556 g/mol. The molecular formula is C34H46N6O4. The molecule has 0 spiro atoms. The number of primary amides is 1. The normalized spacial score (nSPS) is 18.7. The molecule has 0 saturated carbocycles. The van der Waals surface area contributed by atoms with E-state index in [2.05, 4.69) is 39.2 Å². The van der Waals surface area contributed by atoms with Crippen molar-refractivity contribution in [1.29, 1.82) is 0 Å². The molecule has 236 valence electrons. The lowest BCUT2D eigenvalue weighted by Crippen LogP contribution is -2.40. The average molecular weight is 603 g/mol. The number of hydrogen-bond donors (Lipinski definition) is 5. The van der Waals surface area contributed by atoms with E-state index in [9.17, 15) is 9.59 Å². The second kappa shape index (κ2) is 14.7. The molecule has 44 heavy (non-hydrogen) atoms. The van der Waals surface area contributed by atoms with Crippen LogP contribution in [0.4, 0.5) is 11.4 Å². The summed E-state index contributed by atoms with van der Waals surface area (Å²) in [4.78, 5) is 29.9. The summed E-state index contributed by atoms with van der Waals surface area (Å²) in [6.07, 6.45) is 5.75. The predicted molar refractivity (Wildman–Crippen MR) is 173 cm³/mol. The van der Waals surface area contributed by atoms with Crippen LogP contribution >= 0.6 is 0 Å². The number of hydrogen-bond acceptors (Lipinski definition) is 8. The molecule has 3 aromatic rings. The van der Waals surface area contributed by atoms with Crippen LogP contribution in [0.2, 0.25) is 0 Å². The zero-order valence-electron chi connectivity index (χ0n) is 26.1. The van der Waals surface area contributed by atoms with Gasteiger partial charge in [-0.25, -0.2) is 0 Å². The van der Waals surface area contributed by atoms with E-state index in [1.54, 1.807) is 6.20 Å². The number of nitrogens with one attached hydrogen (secondary N) is 4. The standard InChI is InChI=1S/C34H46N6O4/c1-4-25-22(18-39-34(42)29-14-23(19-38-29)21-10-12-36-13-11-21)8-7-9-27(25)40-33-24(15-32(35)41)20-37-28-17-31(44-6-3)30(43-5-2)16-26(28)33/h7-9,16-17,20-21,23,29,36,38H,4-6,10-15,18-19H2,1-3H3,(H2,35,41)(H,37,40)(H,39,42)/t23?,29-/m0/s1. The minimum atomic E-state index is -0.444. The first-order chi connectivity index (χ1) is 21.4. The molecule has 2 aliphatic heterocycles. The Hall–Kier alpha value is -3.89. The number of rotatable bonds is 13. The zero-order chi connectivity index (χ0) is 31.1. The molecule has 2 saturated heterocycles. The molecule has 10 heteroatoms. The van der Waals surface area contributed by atoms with Crippen molar-refractivity contribution in [2.75, 3.05) is 38.2 Å². The van der Waals surface area contributed by atoms with Gasteiger partial charge in [-0.3, -0.25) is 14.6 Å². The number of anilines is 2. The third-order valence-corrected chi connectivity index (χ3v) is 8.85. The van der Waals surface area contributed by atoms with Crippen molar-refractivity contribution in [3.63, 3.8) is 0 Å². The smallest absolute Gasteiger partial charge is 0.237 e. The lowest BCUT2D eigenvalue weighted by molar-refractivity contribution is -0.123. The molecule has 0 bridgehead atoms. The maximum Gasteiger partial charge on any atom is 0.237 e. The van der Waals surface area contributed by atoms with E-state index in [1.165, 1.54) is 12.8 Å².